The molecule has 33 heavy (non-hydrogen) atoms. The SMILES string of the molecule is CC(C)c1cn(C(=O)OC(C)(C)C)c2cnc(N3CCC(CC(=O)OC(C)(C)C)CC3)cc12. The van der Waals surface area contributed by atoms with Crippen LogP contribution in [0.2, 0.25) is 0 Å². The molecule has 0 spiro atoms. The van der Waals surface area contributed by atoms with Gasteiger partial charge in [-0.2, -0.15) is 0 Å². The van der Waals surface area contributed by atoms with Gasteiger partial charge in [-0.05, 0) is 77.8 Å². The Morgan fingerprint density at radius 3 is 2.21 bits per heavy atom. The number of pyridine rings is 1. The van der Waals surface area contributed by atoms with Crippen molar-refractivity contribution >= 4 is 28.8 Å². The maximum Gasteiger partial charge on any atom is 0.419 e. The van der Waals surface area contributed by atoms with E-state index in [0.717, 1.165) is 48.2 Å². The van der Waals surface area contributed by atoms with Crippen LogP contribution in [0.1, 0.15) is 86.1 Å². The lowest BCUT2D eigenvalue weighted by molar-refractivity contribution is -0.156. The predicted octanol–water partition coefficient (Wildman–Crippen LogP) is 5.89. The molecule has 0 aromatic carbocycles. The highest BCUT2D eigenvalue weighted by Gasteiger charge is 2.26. The molecule has 1 aliphatic heterocycles. The number of aromatic nitrogens is 2. The van der Waals surface area contributed by atoms with Gasteiger partial charge in [0, 0.05) is 31.1 Å². The van der Waals surface area contributed by atoms with Gasteiger partial charge in [-0.25, -0.2) is 9.78 Å². The summed E-state index contributed by atoms with van der Waals surface area (Å²) < 4.78 is 12.6. The van der Waals surface area contributed by atoms with E-state index in [0.29, 0.717) is 12.3 Å². The Morgan fingerprint density at radius 2 is 1.67 bits per heavy atom. The van der Waals surface area contributed by atoms with Crippen LogP contribution >= 0.6 is 0 Å². The van der Waals surface area contributed by atoms with E-state index >= 15 is 0 Å². The number of ether oxygens (including phenoxy) is 2. The highest BCUT2D eigenvalue weighted by atomic mass is 16.6. The van der Waals surface area contributed by atoms with E-state index in [2.05, 4.69) is 29.8 Å². The van der Waals surface area contributed by atoms with Crippen LogP contribution in [0.15, 0.2) is 18.5 Å². The second-order valence-electron chi connectivity index (χ2n) is 11.4. The minimum Gasteiger partial charge on any atom is -0.460 e. The summed E-state index contributed by atoms with van der Waals surface area (Å²) in [6.07, 6.45) is 5.57. The second kappa shape index (κ2) is 9.35. The topological polar surface area (TPSA) is 73.7 Å². The van der Waals surface area contributed by atoms with E-state index < -0.39 is 17.3 Å². The maximum absolute atomic E-state index is 12.8. The zero-order valence-electron chi connectivity index (χ0n) is 21.4. The number of carbonyl (C=O) groups excluding carboxylic acids is 2. The molecule has 1 aliphatic rings. The van der Waals surface area contributed by atoms with Crippen LogP contribution in [0.25, 0.3) is 10.9 Å². The fraction of sp³-hybridized carbons (Fsp3) is 0.654. The van der Waals surface area contributed by atoms with Crippen LogP contribution in [0.5, 0.6) is 0 Å². The van der Waals surface area contributed by atoms with Gasteiger partial charge in [0.15, 0.2) is 0 Å². The first kappa shape index (κ1) is 25.1. The summed E-state index contributed by atoms with van der Waals surface area (Å²) in [5.74, 6) is 1.37. The van der Waals surface area contributed by atoms with Crippen molar-refractivity contribution in [1.29, 1.82) is 0 Å². The van der Waals surface area contributed by atoms with Crippen molar-refractivity contribution < 1.29 is 19.1 Å². The third-order valence-electron chi connectivity index (χ3n) is 5.73. The van der Waals surface area contributed by atoms with E-state index in [4.69, 9.17) is 9.47 Å². The van der Waals surface area contributed by atoms with Crippen molar-refractivity contribution in [2.45, 2.75) is 91.8 Å². The number of anilines is 1. The Bertz CT molecular complexity index is 1000. The monoisotopic (exact) mass is 457 g/mol. The fourth-order valence-electron chi connectivity index (χ4n) is 4.22. The third kappa shape index (κ3) is 6.49. The molecule has 0 unspecified atom stereocenters. The van der Waals surface area contributed by atoms with Crippen molar-refractivity contribution in [3.05, 3.63) is 24.0 Å². The summed E-state index contributed by atoms with van der Waals surface area (Å²) in [5, 5.41) is 1.02. The van der Waals surface area contributed by atoms with Gasteiger partial charge >= 0.3 is 12.1 Å². The Kier molecular flexibility index (Phi) is 7.10. The minimum absolute atomic E-state index is 0.120. The van der Waals surface area contributed by atoms with Gasteiger partial charge < -0.3 is 14.4 Å². The van der Waals surface area contributed by atoms with Crippen LogP contribution in [0.4, 0.5) is 10.6 Å². The number of rotatable bonds is 4. The quantitative estimate of drug-likeness (QED) is 0.533. The molecular formula is C26H39N3O4. The summed E-state index contributed by atoms with van der Waals surface area (Å²) in [6, 6.07) is 2.08. The number of fused-ring (bicyclic) bond motifs is 1. The normalized spacial score (nSPS) is 15.8. The smallest absolute Gasteiger partial charge is 0.419 e. The zero-order valence-corrected chi connectivity index (χ0v) is 21.4. The number of piperidine rings is 1. The van der Waals surface area contributed by atoms with Crippen LogP contribution in [-0.4, -0.2) is 45.9 Å². The van der Waals surface area contributed by atoms with Crippen molar-refractivity contribution in [1.82, 2.24) is 9.55 Å². The van der Waals surface area contributed by atoms with Crippen LogP contribution in [0, 0.1) is 5.92 Å². The standard InChI is InChI=1S/C26H39N3O4/c1-17(2)20-16-29(24(31)33-26(6,7)8)21-15-27-22(14-19(20)21)28-11-9-18(10-12-28)13-23(30)32-25(3,4)5/h14-18H,9-13H2,1-8H3. The van der Waals surface area contributed by atoms with Gasteiger partial charge in [-0.3, -0.25) is 9.36 Å². The number of hydrogen-bond donors (Lipinski definition) is 0. The van der Waals surface area contributed by atoms with Gasteiger partial charge in [-0.15, -0.1) is 0 Å². The number of carbonyl (C=O) groups is 2. The summed E-state index contributed by atoms with van der Waals surface area (Å²) in [6.45, 7) is 17.2. The van der Waals surface area contributed by atoms with Crippen molar-refractivity contribution in [2.24, 2.45) is 5.92 Å². The number of nitrogens with zero attached hydrogens (tertiary/aromatic N) is 3. The zero-order chi connectivity index (χ0) is 24.6. The second-order valence-corrected chi connectivity index (χ2v) is 11.4. The fourth-order valence-corrected chi connectivity index (χ4v) is 4.22. The van der Waals surface area contributed by atoms with Crippen LogP contribution in [-0.2, 0) is 14.3 Å². The van der Waals surface area contributed by atoms with E-state index in [9.17, 15) is 9.59 Å². The first-order valence-electron chi connectivity index (χ1n) is 11.9. The Hall–Kier alpha value is -2.57. The minimum atomic E-state index is -0.567. The lowest BCUT2D eigenvalue weighted by Crippen LogP contribution is -2.35. The molecule has 182 valence electrons. The van der Waals surface area contributed by atoms with Crippen molar-refractivity contribution in [3.8, 4) is 0 Å². The van der Waals surface area contributed by atoms with Crippen molar-refractivity contribution in [2.75, 3.05) is 18.0 Å². The van der Waals surface area contributed by atoms with E-state index in [1.807, 2.05) is 47.7 Å². The van der Waals surface area contributed by atoms with Crippen LogP contribution in [0.3, 0.4) is 0 Å². The number of esters is 1. The summed E-state index contributed by atoms with van der Waals surface area (Å²) in [5.41, 5.74) is 0.847. The Balaban J connectivity index is 1.76. The molecule has 0 radical (unpaired) electrons. The predicted molar refractivity (Wildman–Crippen MR) is 131 cm³/mol. The summed E-state index contributed by atoms with van der Waals surface area (Å²) in [4.78, 5) is 31.9. The molecule has 1 saturated heterocycles. The Labute approximate surface area is 197 Å². The number of hydrogen-bond acceptors (Lipinski definition) is 6. The molecule has 0 amide bonds. The largest absolute Gasteiger partial charge is 0.460 e. The average Bonchev–Trinajstić information content (AvgIpc) is 3.05. The van der Waals surface area contributed by atoms with Gasteiger partial charge in [0.05, 0.1) is 11.7 Å². The van der Waals surface area contributed by atoms with E-state index in [1.165, 1.54) is 0 Å². The molecule has 1 fully saturated rings. The molecule has 7 nitrogen and oxygen atoms in total. The molecule has 0 atom stereocenters. The van der Waals surface area contributed by atoms with Gasteiger partial charge in [0.1, 0.15) is 17.0 Å². The average molecular weight is 458 g/mol. The highest BCUT2D eigenvalue weighted by Crippen LogP contribution is 2.32. The molecule has 7 heteroatoms. The third-order valence-corrected chi connectivity index (χ3v) is 5.73. The summed E-state index contributed by atoms with van der Waals surface area (Å²) >= 11 is 0. The lowest BCUT2D eigenvalue weighted by atomic mass is 9.93. The molecule has 0 bridgehead atoms. The molecule has 2 aromatic rings. The van der Waals surface area contributed by atoms with Gasteiger partial charge in [0.2, 0.25) is 0 Å². The molecule has 0 saturated carbocycles. The molecule has 2 aromatic heterocycles. The summed E-state index contributed by atoms with van der Waals surface area (Å²) in [7, 11) is 0. The molecule has 0 aliphatic carbocycles. The van der Waals surface area contributed by atoms with Crippen molar-refractivity contribution in [3.63, 3.8) is 0 Å². The first-order chi connectivity index (χ1) is 15.2. The lowest BCUT2D eigenvalue weighted by Gasteiger charge is -2.33. The van der Waals surface area contributed by atoms with Gasteiger partial charge in [0.25, 0.3) is 0 Å². The molecule has 0 N–H and O–H groups in total. The molecule has 3 rings (SSSR count). The van der Waals surface area contributed by atoms with Gasteiger partial charge in [-0.1, -0.05) is 13.8 Å². The van der Waals surface area contributed by atoms with Crippen LogP contribution < -0.4 is 4.90 Å². The van der Waals surface area contributed by atoms with E-state index in [-0.39, 0.29) is 11.9 Å². The Morgan fingerprint density at radius 1 is 1.06 bits per heavy atom. The van der Waals surface area contributed by atoms with E-state index in [1.54, 1.807) is 10.8 Å². The molecular weight excluding hydrogens is 418 g/mol. The highest BCUT2D eigenvalue weighted by molar-refractivity contribution is 5.93. The molecule has 3 heterocycles. The maximum atomic E-state index is 12.8. The first-order valence-corrected chi connectivity index (χ1v) is 11.9.